The molecule has 2 aliphatic rings. The van der Waals surface area contributed by atoms with E-state index in [2.05, 4.69) is 48.0 Å². The van der Waals surface area contributed by atoms with E-state index < -0.39 is 0 Å². The van der Waals surface area contributed by atoms with Gasteiger partial charge in [-0.3, -0.25) is 4.98 Å². The monoisotopic (exact) mass is 428 g/mol. The van der Waals surface area contributed by atoms with Crippen molar-refractivity contribution in [1.82, 2.24) is 19.9 Å². The molecule has 0 aliphatic carbocycles. The molecule has 4 aromatic rings. The third-order valence-electron chi connectivity index (χ3n) is 6.76. The Morgan fingerprint density at radius 3 is 2.59 bits per heavy atom. The van der Waals surface area contributed by atoms with Gasteiger partial charge in [-0.1, -0.05) is 6.07 Å². The Hall–Kier alpha value is -3.09. The second-order valence-corrected chi connectivity index (χ2v) is 9.17. The van der Waals surface area contributed by atoms with Crippen LogP contribution in [0.5, 0.6) is 0 Å². The van der Waals surface area contributed by atoms with Crippen LogP contribution in [0.1, 0.15) is 31.9 Å². The van der Waals surface area contributed by atoms with Crippen molar-refractivity contribution in [1.29, 1.82) is 0 Å². The van der Waals surface area contributed by atoms with E-state index in [1.807, 2.05) is 12.5 Å². The maximum absolute atomic E-state index is 13.5. The van der Waals surface area contributed by atoms with Crippen molar-refractivity contribution >= 4 is 10.9 Å². The maximum atomic E-state index is 13.5. The molecule has 162 valence electrons. The van der Waals surface area contributed by atoms with Gasteiger partial charge in [-0.25, -0.2) is 9.37 Å². The van der Waals surface area contributed by atoms with E-state index in [-0.39, 0.29) is 17.5 Å². The van der Waals surface area contributed by atoms with Crippen LogP contribution in [0.15, 0.2) is 61.1 Å². The largest absolute Gasteiger partial charge is 0.367 e. The standard InChI is InChI=1S/C26H25FN4O/c1-16(2)31-15-30-24(17-3-6-21(27)7-4-17)25(31)18-5-8-23-19(9-18)10-20(12-28-23)26-11-22(13-32-26)29-14-26/h3-10,12,15-16,22,29H,11,13-14H2,1-2H3. The van der Waals surface area contributed by atoms with E-state index in [4.69, 9.17) is 14.7 Å². The van der Waals surface area contributed by atoms with Crippen molar-refractivity contribution < 1.29 is 9.13 Å². The summed E-state index contributed by atoms with van der Waals surface area (Å²) in [4.78, 5) is 9.44. The normalized spacial score (nSPS) is 22.3. The first kappa shape index (κ1) is 19.6. The Morgan fingerprint density at radius 1 is 1.09 bits per heavy atom. The average molecular weight is 429 g/mol. The number of hydrogen-bond acceptors (Lipinski definition) is 4. The summed E-state index contributed by atoms with van der Waals surface area (Å²) in [6, 6.07) is 15.8. The fourth-order valence-electron chi connectivity index (χ4n) is 5.03. The van der Waals surface area contributed by atoms with Gasteiger partial charge in [0.15, 0.2) is 0 Å². The lowest BCUT2D eigenvalue weighted by atomic mass is 9.92. The summed E-state index contributed by atoms with van der Waals surface area (Å²) in [7, 11) is 0. The van der Waals surface area contributed by atoms with Crippen molar-refractivity contribution in [2.24, 2.45) is 0 Å². The molecule has 0 radical (unpaired) electrons. The van der Waals surface area contributed by atoms with Crippen LogP contribution < -0.4 is 5.32 Å². The highest BCUT2D eigenvalue weighted by Gasteiger charge is 2.47. The average Bonchev–Trinajstić information content (AvgIpc) is 3.54. The minimum atomic E-state index is -0.263. The van der Waals surface area contributed by atoms with Crippen LogP contribution in [0.4, 0.5) is 4.39 Å². The number of ether oxygens (including phenoxy) is 1. The highest BCUT2D eigenvalue weighted by atomic mass is 19.1. The van der Waals surface area contributed by atoms with Crippen LogP contribution in [-0.4, -0.2) is 33.7 Å². The Morgan fingerprint density at radius 2 is 1.91 bits per heavy atom. The minimum absolute atomic E-state index is 0.235. The molecular weight excluding hydrogens is 403 g/mol. The van der Waals surface area contributed by atoms with Gasteiger partial charge < -0.3 is 14.6 Å². The van der Waals surface area contributed by atoms with Gasteiger partial charge in [-0.2, -0.15) is 0 Å². The Labute approximate surface area is 186 Å². The highest BCUT2D eigenvalue weighted by Crippen LogP contribution is 2.41. The van der Waals surface area contributed by atoms with Gasteiger partial charge in [0.2, 0.25) is 0 Å². The summed E-state index contributed by atoms with van der Waals surface area (Å²) >= 11 is 0. The number of nitrogens with one attached hydrogen (secondary N) is 1. The van der Waals surface area contributed by atoms with Crippen LogP contribution in [0, 0.1) is 5.82 Å². The van der Waals surface area contributed by atoms with Crippen molar-refractivity contribution in [3.8, 4) is 22.5 Å². The lowest BCUT2D eigenvalue weighted by Crippen LogP contribution is -2.37. The number of rotatable bonds is 4. The number of pyridine rings is 1. The molecule has 2 aliphatic heterocycles. The van der Waals surface area contributed by atoms with Crippen molar-refractivity contribution in [3.05, 3.63) is 72.4 Å². The van der Waals surface area contributed by atoms with Crippen molar-refractivity contribution in [3.63, 3.8) is 0 Å². The molecule has 2 aromatic carbocycles. The second-order valence-electron chi connectivity index (χ2n) is 9.17. The number of imidazole rings is 1. The van der Waals surface area contributed by atoms with Crippen LogP contribution in [-0.2, 0) is 10.3 Å². The summed E-state index contributed by atoms with van der Waals surface area (Å²) in [5, 5.41) is 4.61. The fraction of sp³-hybridized carbons (Fsp3) is 0.308. The van der Waals surface area contributed by atoms with E-state index in [9.17, 15) is 4.39 Å². The number of aromatic nitrogens is 3. The molecule has 0 amide bonds. The smallest absolute Gasteiger partial charge is 0.123 e. The van der Waals surface area contributed by atoms with E-state index in [1.165, 1.54) is 12.1 Å². The van der Waals surface area contributed by atoms with Gasteiger partial charge in [-0.15, -0.1) is 0 Å². The number of morpholine rings is 1. The van der Waals surface area contributed by atoms with Gasteiger partial charge >= 0.3 is 0 Å². The van der Waals surface area contributed by atoms with Crippen LogP contribution in [0.2, 0.25) is 0 Å². The molecule has 2 unspecified atom stereocenters. The zero-order valence-electron chi connectivity index (χ0n) is 18.2. The Kier molecular flexibility index (Phi) is 4.42. The topological polar surface area (TPSA) is 52.0 Å². The number of hydrogen-bond donors (Lipinski definition) is 1. The Bertz CT molecular complexity index is 1300. The van der Waals surface area contributed by atoms with Gasteiger partial charge in [0.1, 0.15) is 11.4 Å². The first-order chi connectivity index (χ1) is 15.5. The van der Waals surface area contributed by atoms with Crippen molar-refractivity contribution in [2.45, 2.75) is 38.0 Å². The molecule has 2 saturated heterocycles. The predicted molar refractivity (Wildman–Crippen MR) is 123 cm³/mol. The molecule has 4 heterocycles. The molecule has 0 spiro atoms. The molecule has 1 N–H and O–H groups in total. The second kappa shape index (κ2) is 7.22. The molecule has 2 bridgehead atoms. The first-order valence-corrected chi connectivity index (χ1v) is 11.1. The van der Waals surface area contributed by atoms with E-state index in [1.54, 1.807) is 12.1 Å². The minimum Gasteiger partial charge on any atom is -0.367 e. The summed E-state index contributed by atoms with van der Waals surface area (Å²) in [6.07, 6.45) is 4.82. The maximum Gasteiger partial charge on any atom is 0.123 e. The highest BCUT2D eigenvalue weighted by molar-refractivity contribution is 5.88. The third-order valence-corrected chi connectivity index (χ3v) is 6.76. The van der Waals surface area contributed by atoms with E-state index in [0.717, 1.165) is 58.6 Å². The molecule has 2 aromatic heterocycles. The zero-order valence-corrected chi connectivity index (χ0v) is 18.2. The van der Waals surface area contributed by atoms with Gasteiger partial charge in [0, 0.05) is 46.9 Å². The van der Waals surface area contributed by atoms with Crippen LogP contribution in [0.3, 0.4) is 0 Å². The van der Waals surface area contributed by atoms with E-state index >= 15 is 0 Å². The lowest BCUT2D eigenvalue weighted by Gasteiger charge is -2.27. The third kappa shape index (κ3) is 3.05. The number of nitrogens with zero attached hydrogens (tertiary/aromatic N) is 3. The quantitative estimate of drug-likeness (QED) is 0.493. The lowest BCUT2D eigenvalue weighted by molar-refractivity contribution is -0.00970. The fourth-order valence-corrected chi connectivity index (χ4v) is 5.03. The molecule has 2 atom stereocenters. The molecule has 6 rings (SSSR count). The summed E-state index contributed by atoms with van der Waals surface area (Å²) in [5.41, 5.74) is 5.66. The van der Waals surface area contributed by atoms with Gasteiger partial charge in [0.25, 0.3) is 0 Å². The predicted octanol–water partition coefficient (Wildman–Crippen LogP) is 5.07. The summed E-state index contributed by atoms with van der Waals surface area (Å²) in [5.74, 6) is -0.250. The molecule has 2 fully saturated rings. The Balaban J connectivity index is 1.49. The molecule has 6 heteroatoms. The first-order valence-electron chi connectivity index (χ1n) is 11.1. The number of halogens is 1. The summed E-state index contributed by atoms with van der Waals surface area (Å²) in [6.45, 7) is 5.87. The molecule has 5 nitrogen and oxygen atoms in total. The van der Waals surface area contributed by atoms with E-state index in [0.29, 0.717) is 6.04 Å². The zero-order chi connectivity index (χ0) is 21.9. The van der Waals surface area contributed by atoms with Gasteiger partial charge in [-0.05, 0) is 62.7 Å². The number of fused-ring (bicyclic) bond motifs is 3. The summed E-state index contributed by atoms with van der Waals surface area (Å²) < 4.78 is 21.9. The molecule has 0 saturated carbocycles. The van der Waals surface area contributed by atoms with Gasteiger partial charge in [0.05, 0.1) is 29.8 Å². The number of benzene rings is 2. The van der Waals surface area contributed by atoms with Crippen LogP contribution >= 0.6 is 0 Å². The molecule has 32 heavy (non-hydrogen) atoms. The molecular formula is C26H25FN4O. The van der Waals surface area contributed by atoms with Crippen LogP contribution in [0.25, 0.3) is 33.4 Å². The van der Waals surface area contributed by atoms with Crippen molar-refractivity contribution in [2.75, 3.05) is 13.2 Å². The SMILES string of the molecule is CC(C)n1cnc(-c2ccc(F)cc2)c1-c1ccc2ncc(C34CNC(CO3)C4)cc2c1.